The lowest BCUT2D eigenvalue weighted by Gasteiger charge is -2.01. The Morgan fingerprint density at radius 1 is 1.53 bits per heavy atom. The van der Waals surface area contributed by atoms with Crippen molar-refractivity contribution in [1.29, 1.82) is 0 Å². The Bertz CT molecular complexity index is 599. The molecule has 1 amide bonds. The lowest BCUT2D eigenvalue weighted by atomic mass is 10.1. The van der Waals surface area contributed by atoms with Crippen molar-refractivity contribution in [2.45, 2.75) is 33.7 Å². The monoisotopic (exact) mass is 263 g/mol. The summed E-state index contributed by atoms with van der Waals surface area (Å²) in [6.45, 7) is 6.54. The summed E-state index contributed by atoms with van der Waals surface area (Å²) in [5.74, 6) is 5.12. The highest BCUT2D eigenvalue weighted by molar-refractivity contribution is 5.91. The van der Waals surface area contributed by atoms with Crippen LogP contribution >= 0.6 is 0 Å². The van der Waals surface area contributed by atoms with Crippen molar-refractivity contribution in [1.82, 2.24) is 20.4 Å². The molecule has 0 aliphatic carbocycles. The molecule has 0 aromatic carbocycles. The Hall–Kier alpha value is -2.15. The number of nitrogens with zero attached hydrogens (tertiary/aromatic N) is 3. The van der Waals surface area contributed by atoms with E-state index in [4.69, 9.17) is 10.4 Å². The van der Waals surface area contributed by atoms with E-state index in [0.717, 1.165) is 17.8 Å². The Balaban J connectivity index is 2.22. The highest BCUT2D eigenvalue weighted by Crippen LogP contribution is 2.15. The van der Waals surface area contributed by atoms with Crippen LogP contribution in [-0.2, 0) is 13.0 Å². The van der Waals surface area contributed by atoms with Crippen molar-refractivity contribution in [3.63, 3.8) is 0 Å². The Labute approximate surface area is 110 Å². The van der Waals surface area contributed by atoms with Gasteiger partial charge in [0.1, 0.15) is 6.54 Å². The van der Waals surface area contributed by atoms with Gasteiger partial charge in [-0.25, -0.2) is 5.84 Å². The van der Waals surface area contributed by atoms with Crippen LogP contribution in [0.3, 0.4) is 0 Å². The molecule has 7 nitrogen and oxygen atoms in total. The number of hydrogen-bond acceptors (Lipinski definition) is 5. The van der Waals surface area contributed by atoms with Gasteiger partial charge in [-0.05, 0) is 25.8 Å². The maximum atomic E-state index is 11.3. The van der Waals surface area contributed by atoms with Crippen LogP contribution < -0.4 is 11.3 Å². The van der Waals surface area contributed by atoms with Gasteiger partial charge in [-0.2, -0.15) is 5.10 Å². The Morgan fingerprint density at radius 3 is 2.84 bits per heavy atom. The molecule has 0 aliphatic rings. The van der Waals surface area contributed by atoms with Gasteiger partial charge in [-0.1, -0.05) is 12.1 Å². The number of amides is 1. The molecule has 0 bridgehead atoms. The number of nitrogen functional groups attached to an aromatic ring is 1. The third-order valence-electron chi connectivity index (χ3n) is 3.11. The minimum Gasteiger partial charge on any atom is -0.359 e. The zero-order valence-electron chi connectivity index (χ0n) is 11.2. The van der Waals surface area contributed by atoms with E-state index in [0.29, 0.717) is 12.3 Å². The minimum absolute atomic E-state index is 0.162. The predicted molar refractivity (Wildman–Crippen MR) is 68.3 cm³/mol. The molecular formula is C12H17N5O2. The van der Waals surface area contributed by atoms with Crippen LogP contribution in [0.25, 0.3) is 0 Å². The molecule has 102 valence electrons. The van der Waals surface area contributed by atoms with E-state index in [1.54, 1.807) is 6.07 Å². The second kappa shape index (κ2) is 5.23. The van der Waals surface area contributed by atoms with Gasteiger partial charge < -0.3 is 4.52 Å². The van der Waals surface area contributed by atoms with E-state index in [-0.39, 0.29) is 5.69 Å². The van der Waals surface area contributed by atoms with Crippen LogP contribution in [0.5, 0.6) is 0 Å². The van der Waals surface area contributed by atoms with E-state index in [1.807, 2.05) is 24.0 Å². The number of aryl methyl sites for hydroxylation is 1. The molecule has 0 saturated heterocycles. The summed E-state index contributed by atoms with van der Waals surface area (Å²) in [6.07, 6.45) is 0.939. The van der Waals surface area contributed by atoms with Crippen molar-refractivity contribution >= 4 is 5.91 Å². The highest BCUT2D eigenvalue weighted by atomic mass is 16.5. The first-order valence-corrected chi connectivity index (χ1v) is 6.06. The van der Waals surface area contributed by atoms with Crippen LogP contribution in [-0.4, -0.2) is 20.8 Å². The molecule has 2 heterocycles. The van der Waals surface area contributed by atoms with E-state index >= 15 is 0 Å². The topological polar surface area (TPSA) is 99.0 Å². The number of aromatic nitrogens is 3. The molecule has 0 aliphatic heterocycles. The number of hydrazine groups is 1. The third-order valence-corrected chi connectivity index (χ3v) is 3.11. The second-order valence-electron chi connectivity index (χ2n) is 4.31. The average Bonchev–Trinajstić information content (AvgIpc) is 2.95. The molecule has 0 spiro atoms. The van der Waals surface area contributed by atoms with Gasteiger partial charge >= 0.3 is 0 Å². The number of nitrogens with two attached hydrogens (primary N) is 1. The summed E-state index contributed by atoms with van der Waals surface area (Å²) in [7, 11) is 0. The first kappa shape index (κ1) is 13.3. The van der Waals surface area contributed by atoms with E-state index < -0.39 is 5.91 Å². The highest BCUT2D eigenvalue weighted by Gasteiger charge is 2.14. The SMILES string of the molecule is CCc1c(C)nn(Cc2cc(C(=O)NN)no2)c1C. The molecule has 0 fully saturated rings. The maximum Gasteiger partial charge on any atom is 0.287 e. The number of carbonyl (C=O) groups excluding carboxylic acids is 1. The molecule has 0 radical (unpaired) electrons. The van der Waals surface area contributed by atoms with E-state index in [2.05, 4.69) is 17.2 Å². The summed E-state index contributed by atoms with van der Waals surface area (Å²) in [6, 6.07) is 1.56. The molecule has 2 rings (SSSR count). The standard InChI is InChI=1S/C12H17N5O2/c1-4-10-7(2)15-17(8(10)3)6-9-5-11(16-19-9)12(18)14-13/h5H,4,6,13H2,1-3H3,(H,14,18). The Morgan fingerprint density at radius 2 is 2.26 bits per heavy atom. The quantitative estimate of drug-likeness (QED) is 0.480. The van der Waals surface area contributed by atoms with Gasteiger partial charge in [0, 0.05) is 11.8 Å². The second-order valence-corrected chi connectivity index (χ2v) is 4.31. The first-order chi connectivity index (χ1) is 9.06. The van der Waals surface area contributed by atoms with Crippen LogP contribution in [0.4, 0.5) is 0 Å². The fourth-order valence-corrected chi connectivity index (χ4v) is 2.12. The van der Waals surface area contributed by atoms with Gasteiger partial charge in [-0.15, -0.1) is 0 Å². The van der Waals surface area contributed by atoms with Crippen LogP contribution in [0.1, 0.15) is 40.1 Å². The molecule has 2 aromatic heterocycles. The molecular weight excluding hydrogens is 246 g/mol. The van der Waals surface area contributed by atoms with E-state index in [9.17, 15) is 4.79 Å². The zero-order valence-corrected chi connectivity index (χ0v) is 11.2. The molecule has 3 N–H and O–H groups in total. The largest absolute Gasteiger partial charge is 0.359 e. The summed E-state index contributed by atoms with van der Waals surface area (Å²) in [5.41, 5.74) is 5.52. The Kier molecular flexibility index (Phi) is 3.66. The summed E-state index contributed by atoms with van der Waals surface area (Å²) >= 11 is 0. The van der Waals surface area contributed by atoms with Gasteiger partial charge in [0.05, 0.1) is 5.69 Å². The fourth-order valence-electron chi connectivity index (χ4n) is 2.12. The molecule has 0 unspecified atom stereocenters. The van der Waals surface area contributed by atoms with Crippen LogP contribution in [0, 0.1) is 13.8 Å². The first-order valence-electron chi connectivity index (χ1n) is 6.06. The average molecular weight is 263 g/mol. The summed E-state index contributed by atoms with van der Waals surface area (Å²) < 4.78 is 6.95. The van der Waals surface area contributed by atoms with Crippen molar-refractivity contribution in [3.8, 4) is 0 Å². The van der Waals surface area contributed by atoms with Gasteiger partial charge in [0.25, 0.3) is 5.91 Å². The van der Waals surface area contributed by atoms with Gasteiger partial charge in [-0.3, -0.25) is 14.9 Å². The van der Waals surface area contributed by atoms with Crippen LogP contribution in [0.2, 0.25) is 0 Å². The number of nitrogens with one attached hydrogen (secondary N) is 1. The molecule has 2 aromatic rings. The van der Waals surface area contributed by atoms with Crippen molar-refractivity contribution < 1.29 is 9.32 Å². The summed E-state index contributed by atoms with van der Waals surface area (Å²) in [5, 5.41) is 8.11. The van der Waals surface area contributed by atoms with Crippen molar-refractivity contribution in [2.24, 2.45) is 5.84 Å². The van der Waals surface area contributed by atoms with Crippen LogP contribution in [0.15, 0.2) is 10.6 Å². The minimum atomic E-state index is -0.474. The third kappa shape index (κ3) is 2.50. The molecule has 7 heteroatoms. The normalized spacial score (nSPS) is 10.7. The molecule has 19 heavy (non-hydrogen) atoms. The number of carbonyl (C=O) groups is 1. The fraction of sp³-hybridized carbons (Fsp3) is 0.417. The van der Waals surface area contributed by atoms with Gasteiger partial charge in [0.2, 0.25) is 0 Å². The summed E-state index contributed by atoms with van der Waals surface area (Å²) in [4.78, 5) is 11.3. The number of rotatable bonds is 4. The maximum absolute atomic E-state index is 11.3. The predicted octanol–water partition coefficient (Wildman–Crippen LogP) is 0.702. The van der Waals surface area contributed by atoms with Crippen molar-refractivity contribution in [3.05, 3.63) is 34.5 Å². The van der Waals surface area contributed by atoms with E-state index in [1.165, 1.54) is 5.56 Å². The number of hydrogen-bond donors (Lipinski definition) is 2. The lowest BCUT2D eigenvalue weighted by Crippen LogP contribution is -2.30. The van der Waals surface area contributed by atoms with Crippen molar-refractivity contribution in [2.75, 3.05) is 0 Å². The molecule has 0 saturated carbocycles. The lowest BCUT2D eigenvalue weighted by molar-refractivity contribution is 0.0944. The van der Waals surface area contributed by atoms with Gasteiger partial charge in [0.15, 0.2) is 11.5 Å². The smallest absolute Gasteiger partial charge is 0.287 e. The zero-order chi connectivity index (χ0) is 14.0. The molecule has 0 atom stereocenters.